The topological polar surface area (TPSA) is 32.8 Å². The molecule has 1 amide bonds. The van der Waals surface area contributed by atoms with E-state index < -0.39 is 0 Å². The molecule has 1 aromatic carbocycles. The molecule has 0 N–H and O–H groups in total. The predicted molar refractivity (Wildman–Crippen MR) is 84.4 cm³/mol. The third-order valence-corrected chi connectivity index (χ3v) is 3.95. The summed E-state index contributed by atoms with van der Waals surface area (Å²) in [7, 11) is 5.80. The van der Waals surface area contributed by atoms with Crippen LogP contribution in [0, 0.1) is 0 Å². The second-order valence-electron chi connectivity index (χ2n) is 6.04. The van der Waals surface area contributed by atoms with Gasteiger partial charge in [0, 0.05) is 31.8 Å². The Kier molecular flexibility index (Phi) is 5.76. The van der Waals surface area contributed by atoms with Gasteiger partial charge < -0.3 is 14.5 Å². The molecule has 1 fully saturated rings. The highest BCUT2D eigenvalue weighted by atomic mass is 16.5. The first-order valence-corrected chi connectivity index (χ1v) is 7.65. The Hall–Kier alpha value is -1.39. The number of methoxy groups -OCH3 is 1. The van der Waals surface area contributed by atoms with E-state index in [1.807, 2.05) is 24.3 Å². The molecule has 0 aliphatic carbocycles. The van der Waals surface area contributed by atoms with Gasteiger partial charge >= 0.3 is 0 Å². The lowest BCUT2D eigenvalue weighted by molar-refractivity contribution is 0.0574. The molecule has 1 aliphatic heterocycles. The summed E-state index contributed by atoms with van der Waals surface area (Å²) in [6.45, 7) is 2.34. The van der Waals surface area contributed by atoms with E-state index in [2.05, 4.69) is 23.9 Å². The first-order chi connectivity index (χ1) is 10.1. The van der Waals surface area contributed by atoms with Gasteiger partial charge in [-0.1, -0.05) is 12.1 Å². The van der Waals surface area contributed by atoms with Crippen LogP contribution in [0.3, 0.4) is 0 Å². The predicted octanol–water partition coefficient (Wildman–Crippen LogP) is 2.39. The van der Waals surface area contributed by atoms with Crippen LogP contribution in [0.2, 0.25) is 0 Å². The molecule has 4 nitrogen and oxygen atoms in total. The zero-order valence-electron chi connectivity index (χ0n) is 13.3. The Labute approximate surface area is 127 Å². The van der Waals surface area contributed by atoms with E-state index in [0.29, 0.717) is 12.6 Å². The minimum absolute atomic E-state index is 0.152. The van der Waals surface area contributed by atoms with Crippen LogP contribution in [0.25, 0.3) is 0 Å². The van der Waals surface area contributed by atoms with Crippen molar-refractivity contribution in [2.45, 2.75) is 31.9 Å². The van der Waals surface area contributed by atoms with Crippen LogP contribution in [0.15, 0.2) is 24.3 Å². The minimum Gasteiger partial charge on any atom is -0.380 e. The van der Waals surface area contributed by atoms with Crippen molar-refractivity contribution in [3.63, 3.8) is 0 Å². The highest BCUT2D eigenvalue weighted by Crippen LogP contribution is 2.20. The molecule has 116 valence electrons. The number of nitrogens with zero attached hydrogens (tertiary/aromatic N) is 2. The van der Waals surface area contributed by atoms with Crippen molar-refractivity contribution < 1.29 is 9.53 Å². The summed E-state index contributed by atoms with van der Waals surface area (Å²) in [5.41, 5.74) is 1.82. The number of hydrogen-bond donors (Lipinski definition) is 0. The Bertz CT molecular complexity index is 474. The van der Waals surface area contributed by atoms with Crippen molar-refractivity contribution in [3.05, 3.63) is 35.4 Å². The van der Waals surface area contributed by atoms with Crippen LogP contribution in [-0.4, -0.2) is 56.0 Å². The van der Waals surface area contributed by atoms with Crippen molar-refractivity contribution >= 4 is 5.91 Å². The molecule has 0 spiro atoms. The normalized spacial score (nSPS) is 19.0. The van der Waals surface area contributed by atoms with E-state index in [0.717, 1.165) is 37.1 Å². The number of carbonyl (C=O) groups excluding carboxylic acids is 1. The fourth-order valence-electron chi connectivity index (χ4n) is 3.01. The molecule has 0 radical (unpaired) electrons. The number of benzene rings is 1. The number of carbonyl (C=O) groups is 1. The molecule has 1 aromatic rings. The maximum atomic E-state index is 12.8. The Balaban J connectivity index is 2.14. The largest absolute Gasteiger partial charge is 0.380 e. The number of likely N-dealkylation sites (tertiary alicyclic amines) is 1. The second-order valence-corrected chi connectivity index (χ2v) is 6.04. The smallest absolute Gasteiger partial charge is 0.254 e. The zero-order valence-corrected chi connectivity index (χ0v) is 13.3. The van der Waals surface area contributed by atoms with Gasteiger partial charge in [0.05, 0.1) is 6.61 Å². The first-order valence-electron chi connectivity index (χ1n) is 7.65. The molecule has 2 rings (SSSR count). The minimum atomic E-state index is 0.152. The molecule has 21 heavy (non-hydrogen) atoms. The van der Waals surface area contributed by atoms with Crippen LogP contribution in [0.1, 0.15) is 35.2 Å². The van der Waals surface area contributed by atoms with Crippen molar-refractivity contribution in [2.24, 2.45) is 0 Å². The lowest BCUT2D eigenvalue weighted by atomic mass is 10.00. The van der Waals surface area contributed by atoms with E-state index >= 15 is 0 Å². The zero-order chi connectivity index (χ0) is 15.2. The standard InChI is InChI=1S/C17H26N2O2/c1-18(2)12-16-9-4-5-10-19(16)17(20)15-8-6-7-14(11-15)13-21-3/h6-8,11,16H,4-5,9-10,12-13H2,1-3H3/t16-/m1/s1. The maximum Gasteiger partial charge on any atom is 0.254 e. The molecule has 0 saturated carbocycles. The van der Waals surface area contributed by atoms with Crippen LogP contribution in [-0.2, 0) is 11.3 Å². The van der Waals surface area contributed by atoms with Gasteiger partial charge in [0.2, 0.25) is 0 Å². The highest BCUT2D eigenvalue weighted by molar-refractivity contribution is 5.94. The monoisotopic (exact) mass is 290 g/mol. The number of piperidine rings is 1. The highest BCUT2D eigenvalue weighted by Gasteiger charge is 2.27. The van der Waals surface area contributed by atoms with E-state index in [4.69, 9.17) is 4.74 Å². The van der Waals surface area contributed by atoms with Crippen molar-refractivity contribution in [1.29, 1.82) is 0 Å². The summed E-state index contributed by atoms with van der Waals surface area (Å²) in [5, 5.41) is 0. The molecular formula is C17H26N2O2. The molecular weight excluding hydrogens is 264 g/mol. The van der Waals surface area contributed by atoms with Gasteiger partial charge in [0.25, 0.3) is 5.91 Å². The molecule has 0 unspecified atom stereocenters. The molecule has 1 aliphatic rings. The summed E-state index contributed by atoms with van der Waals surface area (Å²) in [6.07, 6.45) is 3.42. The van der Waals surface area contributed by atoms with Crippen molar-refractivity contribution in [2.75, 3.05) is 34.3 Å². The van der Waals surface area contributed by atoms with Crippen molar-refractivity contribution in [3.8, 4) is 0 Å². The Morgan fingerprint density at radius 2 is 2.19 bits per heavy atom. The number of rotatable bonds is 5. The van der Waals surface area contributed by atoms with Gasteiger partial charge in [-0.05, 0) is 51.1 Å². The van der Waals surface area contributed by atoms with Crippen LogP contribution in [0.5, 0.6) is 0 Å². The SMILES string of the molecule is COCc1cccc(C(=O)N2CCCC[C@@H]2CN(C)C)c1. The summed E-state index contributed by atoms with van der Waals surface area (Å²) in [4.78, 5) is 17.0. The fourth-order valence-corrected chi connectivity index (χ4v) is 3.01. The van der Waals surface area contributed by atoms with Gasteiger partial charge in [-0.25, -0.2) is 0 Å². The third kappa shape index (κ3) is 4.29. The first kappa shape index (κ1) is 16.0. The van der Waals surface area contributed by atoms with E-state index in [1.54, 1.807) is 7.11 Å². The fraction of sp³-hybridized carbons (Fsp3) is 0.588. The summed E-state index contributed by atoms with van der Waals surface area (Å²) < 4.78 is 5.15. The average molecular weight is 290 g/mol. The number of likely N-dealkylation sites (N-methyl/N-ethyl adjacent to an activating group) is 1. The quantitative estimate of drug-likeness (QED) is 0.835. The lowest BCUT2D eigenvalue weighted by Gasteiger charge is -2.37. The number of amides is 1. The molecule has 1 heterocycles. The molecule has 4 heteroatoms. The van der Waals surface area contributed by atoms with Crippen LogP contribution in [0.4, 0.5) is 0 Å². The second kappa shape index (κ2) is 7.57. The van der Waals surface area contributed by atoms with Crippen LogP contribution >= 0.6 is 0 Å². The van der Waals surface area contributed by atoms with E-state index in [1.165, 1.54) is 6.42 Å². The average Bonchev–Trinajstić information content (AvgIpc) is 2.47. The Morgan fingerprint density at radius 1 is 1.38 bits per heavy atom. The summed E-state index contributed by atoms with van der Waals surface area (Å²) in [6, 6.07) is 8.11. The molecule has 1 atom stereocenters. The third-order valence-electron chi connectivity index (χ3n) is 3.95. The lowest BCUT2D eigenvalue weighted by Crippen LogP contribution is -2.48. The van der Waals surface area contributed by atoms with Gasteiger partial charge in [-0.2, -0.15) is 0 Å². The summed E-state index contributed by atoms with van der Waals surface area (Å²) >= 11 is 0. The van der Waals surface area contributed by atoms with Gasteiger partial charge in [-0.15, -0.1) is 0 Å². The maximum absolute atomic E-state index is 12.8. The molecule has 0 aromatic heterocycles. The van der Waals surface area contributed by atoms with Crippen molar-refractivity contribution in [1.82, 2.24) is 9.80 Å². The summed E-state index contributed by atoms with van der Waals surface area (Å²) in [5.74, 6) is 0.152. The van der Waals surface area contributed by atoms with Gasteiger partial charge in [0.1, 0.15) is 0 Å². The van der Waals surface area contributed by atoms with E-state index in [9.17, 15) is 4.79 Å². The van der Waals surface area contributed by atoms with E-state index in [-0.39, 0.29) is 5.91 Å². The molecule has 1 saturated heterocycles. The van der Waals surface area contributed by atoms with Gasteiger partial charge in [-0.3, -0.25) is 4.79 Å². The van der Waals surface area contributed by atoms with Gasteiger partial charge in [0.15, 0.2) is 0 Å². The molecule has 0 bridgehead atoms. The number of hydrogen-bond acceptors (Lipinski definition) is 3. The number of ether oxygens (including phenoxy) is 1. The van der Waals surface area contributed by atoms with Crippen LogP contribution < -0.4 is 0 Å². The Morgan fingerprint density at radius 3 is 2.90 bits per heavy atom.